The first-order valence-electron chi connectivity index (χ1n) is 4.03. The van der Waals surface area contributed by atoms with Crippen LogP contribution in [0, 0.1) is 5.82 Å². The van der Waals surface area contributed by atoms with Crippen LogP contribution >= 0.6 is 12.2 Å². The third-order valence-corrected chi connectivity index (χ3v) is 2.17. The standard InChI is InChI=1S/C10H7FN2S/c11-7-3-1-2-6-4-5-13-9(8(6)7)10(12)14/h1-5H,(H2,12,14). The van der Waals surface area contributed by atoms with E-state index in [1.807, 2.05) is 0 Å². The molecule has 0 aliphatic rings. The second-order valence-electron chi connectivity index (χ2n) is 2.86. The molecule has 1 heterocycles. The Bertz CT molecular complexity index is 505. The summed E-state index contributed by atoms with van der Waals surface area (Å²) < 4.78 is 13.5. The summed E-state index contributed by atoms with van der Waals surface area (Å²) in [4.78, 5) is 4.07. The van der Waals surface area contributed by atoms with Crippen LogP contribution in [0.5, 0.6) is 0 Å². The first-order chi connectivity index (χ1) is 6.70. The van der Waals surface area contributed by atoms with E-state index in [0.717, 1.165) is 5.39 Å². The van der Waals surface area contributed by atoms with E-state index in [1.165, 1.54) is 6.07 Å². The fraction of sp³-hybridized carbons (Fsp3) is 0. The number of nitrogens with zero attached hydrogens (tertiary/aromatic N) is 1. The van der Waals surface area contributed by atoms with Gasteiger partial charge in [-0.15, -0.1) is 0 Å². The number of thiocarbonyl (C=S) groups is 1. The highest BCUT2D eigenvalue weighted by Crippen LogP contribution is 2.19. The molecule has 1 aromatic heterocycles. The van der Waals surface area contributed by atoms with Crippen LogP contribution in [0.1, 0.15) is 5.69 Å². The Kier molecular flexibility index (Phi) is 2.13. The van der Waals surface area contributed by atoms with Crippen LogP contribution in [0.25, 0.3) is 10.8 Å². The molecule has 0 aliphatic carbocycles. The minimum absolute atomic E-state index is 0.112. The number of benzene rings is 1. The fourth-order valence-corrected chi connectivity index (χ4v) is 1.53. The third kappa shape index (κ3) is 1.33. The second-order valence-corrected chi connectivity index (χ2v) is 3.30. The predicted octanol–water partition coefficient (Wildman–Crippen LogP) is 2.01. The number of fused-ring (bicyclic) bond motifs is 1. The van der Waals surface area contributed by atoms with Crippen LogP contribution in [-0.4, -0.2) is 9.97 Å². The van der Waals surface area contributed by atoms with Crippen molar-refractivity contribution in [3.63, 3.8) is 0 Å². The van der Waals surface area contributed by atoms with E-state index in [-0.39, 0.29) is 10.8 Å². The maximum atomic E-state index is 13.5. The number of halogens is 1. The van der Waals surface area contributed by atoms with Gasteiger partial charge >= 0.3 is 0 Å². The van der Waals surface area contributed by atoms with Gasteiger partial charge in [-0.25, -0.2) is 4.39 Å². The molecular weight excluding hydrogens is 199 g/mol. The minimum Gasteiger partial charge on any atom is -0.388 e. The molecule has 14 heavy (non-hydrogen) atoms. The number of rotatable bonds is 1. The molecular formula is C10H7FN2S. The number of pyridine rings is 1. The van der Waals surface area contributed by atoms with Crippen molar-refractivity contribution in [3.8, 4) is 0 Å². The highest BCUT2D eigenvalue weighted by atomic mass is 32.1. The van der Waals surface area contributed by atoms with Gasteiger partial charge in [0.2, 0.25) is 0 Å². The Hall–Kier alpha value is -1.55. The van der Waals surface area contributed by atoms with Crippen LogP contribution in [-0.2, 0) is 0 Å². The first-order valence-corrected chi connectivity index (χ1v) is 4.44. The van der Waals surface area contributed by atoms with E-state index in [4.69, 9.17) is 18.0 Å². The summed E-state index contributed by atoms with van der Waals surface area (Å²) in [6, 6.07) is 6.52. The lowest BCUT2D eigenvalue weighted by Gasteiger charge is -2.03. The van der Waals surface area contributed by atoms with Crippen LogP contribution in [0.3, 0.4) is 0 Å². The molecule has 0 aliphatic heterocycles. The Labute approximate surface area is 85.6 Å². The van der Waals surface area contributed by atoms with Crippen molar-refractivity contribution < 1.29 is 4.39 Å². The highest BCUT2D eigenvalue weighted by molar-refractivity contribution is 7.80. The largest absolute Gasteiger partial charge is 0.388 e. The molecule has 2 rings (SSSR count). The van der Waals surface area contributed by atoms with Gasteiger partial charge in [-0.1, -0.05) is 24.4 Å². The first kappa shape index (κ1) is 9.02. The molecule has 0 unspecified atom stereocenters. The minimum atomic E-state index is -0.349. The molecule has 0 fully saturated rings. The highest BCUT2D eigenvalue weighted by Gasteiger charge is 2.08. The van der Waals surface area contributed by atoms with Gasteiger partial charge in [0.1, 0.15) is 16.5 Å². The molecule has 0 saturated carbocycles. The number of nitrogens with two attached hydrogens (primary N) is 1. The third-order valence-electron chi connectivity index (χ3n) is 1.97. The quantitative estimate of drug-likeness (QED) is 0.725. The molecule has 2 nitrogen and oxygen atoms in total. The van der Waals surface area contributed by atoms with Crippen molar-refractivity contribution in [2.45, 2.75) is 0 Å². The Morgan fingerprint density at radius 3 is 2.86 bits per heavy atom. The van der Waals surface area contributed by atoms with E-state index < -0.39 is 0 Å². The van der Waals surface area contributed by atoms with Gasteiger partial charge in [0.15, 0.2) is 0 Å². The van der Waals surface area contributed by atoms with Gasteiger partial charge in [0.05, 0.1) is 0 Å². The van der Waals surface area contributed by atoms with E-state index in [2.05, 4.69) is 4.98 Å². The second kappa shape index (κ2) is 3.31. The monoisotopic (exact) mass is 206 g/mol. The van der Waals surface area contributed by atoms with Crippen molar-refractivity contribution >= 4 is 28.0 Å². The summed E-state index contributed by atoms with van der Waals surface area (Å²) >= 11 is 4.80. The molecule has 0 saturated heterocycles. The van der Waals surface area contributed by atoms with Crippen molar-refractivity contribution in [3.05, 3.63) is 42.0 Å². The van der Waals surface area contributed by atoms with Gasteiger partial charge < -0.3 is 5.73 Å². The Morgan fingerprint density at radius 1 is 1.36 bits per heavy atom. The summed E-state index contributed by atoms with van der Waals surface area (Å²) in [7, 11) is 0. The fourth-order valence-electron chi connectivity index (χ4n) is 1.37. The van der Waals surface area contributed by atoms with Gasteiger partial charge in [-0.3, -0.25) is 4.98 Å². The topological polar surface area (TPSA) is 38.9 Å². The molecule has 4 heteroatoms. The van der Waals surface area contributed by atoms with Crippen LogP contribution in [0.4, 0.5) is 4.39 Å². The molecule has 0 radical (unpaired) electrons. The normalized spacial score (nSPS) is 10.4. The lowest BCUT2D eigenvalue weighted by atomic mass is 10.1. The molecule has 1 aromatic carbocycles. The maximum absolute atomic E-state index is 13.5. The number of hydrogen-bond donors (Lipinski definition) is 1. The molecule has 70 valence electrons. The molecule has 2 aromatic rings. The van der Waals surface area contributed by atoms with Crippen molar-refractivity contribution in [1.82, 2.24) is 4.98 Å². The Morgan fingerprint density at radius 2 is 2.14 bits per heavy atom. The zero-order valence-electron chi connectivity index (χ0n) is 7.20. The Balaban J connectivity index is 2.91. The van der Waals surface area contributed by atoms with E-state index in [0.29, 0.717) is 11.1 Å². The number of aromatic nitrogens is 1. The lowest BCUT2D eigenvalue weighted by Crippen LogP contribution is -2.12. The SMILES string of the molecule is NC(=S)c1nccc2cccc(F)c12. The van der Waals surface area contributed by atoms with Gasteiger partial charge in [-0.05, 0) is 17.5 Å². The molecule has 0 spiro atoms. The van der Waals surface area contributed by atoms with E-state index >= 15 is 0 Å². The van der Waals surface area contributed by atoms with Gasteiger partial charge in [0, 0.05) is 11.6 Å². The molecule has 2 N–H and O–H groups in total. The summed E-state index contributed by atoms with van der Waals surface area (Å²) in [6.07, 6.45) is 1.57. The predicted molar refractivity (Wildman–Crippen MR) is 57.6 cm³/mol. The van der Waals surface area contributed by atoms with Gasteiger partial charge in [0.25, 0.3) is 0 Å². The summed E-state index contributed by atoms with van der Waals surface area (Å²) in [5, 5.41) is 1.14. The van der Waals surface area contributed by atoms with E-state index in [1.54, 1.807) is 24.4 Å². The molecule has 0 bridgehead atoms. The van der Waals surface area contributed by atoms with Crippen LogP contribution in [0.2, 0.25) is 0 Å². The lowest BCUT2D eigenvalue weighted by molar-refractivity contribution is 0.639. The van der Waals surface area contributed by atoms with Crippen LogP contribution < -0.4 is 5.73 Å². The maximum Gasteiger partial charge on any atom is 0.133 e. The van der Waals surface area contributed by atoms with Crippen LogP contribution in [0.15, 0.2) is 30.5 Å². The molecule has 0 atom stereocenters. The van der Waals surface area contributed by atoms with Gasteiger partial charge in [-0.2, -0.15) is 0 Å². The van der Waals surface area contributed by atoms with E-state index in [9.17, 15) is 4.39 Å². The average Bonchev–Trinajstić information content (AvgIpc) is 2.17. The summed E-state index contributed by atoms with van der Waals surface area (Å²) in [6.45, 7) is 0. The summed E-state index contributed by atoms with van der Waals surface area (Å²) in [5.41, 5.74) is 5.79. The molecule has 0 amide bonds. The smallest absolute Gasteiger partial charge is 0.133 e. The van der Waals surface area contributed by atoms with Crippen molar-refractivity contribution in [2.24, 2.45) is 5.73 Å². The zero-order valence-corrected chi connectivity index (χ0v) is 8.01. The summed E-state index contributed by atoms with van der Waals surface area (Å²) in [5.74, 6) is -0.349. The number of hydrogen-bond acceptors (Lipinski definition) is 2. The van der Waals surface area contributed by atoms with Crippen molar-refractivity contribution in [2.75, 3.05) is 0 Å². The average molecular weight is 206 g/mol. The van der Waals surface area contributed by atoms with Crippen molar-refractivity contribution in [1.29, 1.82) is 0 Å². The zero-order chi connectivity index (χ0) is 10.1.